The number of amides is 1. The second-order valence-corrected chi connectivity index (χ2v) is 11.7. The highest BCUT2D eigenvalue weighted by Gasteiger charge is 2.26. The van der Waals surface area contributed by atoms with Crippen LogP contribution in [0.1, 0.15) is 17.3 Å². The quantitative estimate of drug-likeness (QED) is 0.256. The van der Waals surface area contributed by atoms with Gasteiger partial charge in [-0.25, -0.2) is 17.9 Å². The molecule has 1 atom stereocenters. The van der Waals surface area contributed by atoms with Crippen molar-refractivity contribution in [2.45, 2.75) is 35.9 Å². The van der Waals surface area contributed by atoms with E-state index < -0.39 is 22.4 Å². The molecule has 0 aliphatic carbocycles. The minimum Gasteiger partial charge on any atom is -0.434 e. The number of benzene rings is 1. The van der Waals surface area contributed by atoms with Crippen LogP contribution >= 0.6 is 0 Å². The molecule has 0 fully saturated rings. The van der Waals surface area contributed by atoms with Crippen LogP contribution in [0.15, 0.2) is 71.2 Å². The molecule has 0 aliphatic heterocycles. The summed E-state index contributed by atoms with van der Waals surface area (Å²) in [7, 11) is 1.25. The molecule has 1 aromatic carbocycles. The van der Waals surface area contributed by atoms with E-state index in [1.807, 2.05) is 25.9 Å². The number of nitrogens with one attached hydrogen (secondary N) is 1. The number of ether oxygens (including phenoxy) is 1. The molecule has 42 heavy (non-hydrogen) atoms. The average Bonchev–Trinajstić information content (AvgIpc) is 3.67. The summed E-state index contributed by atoms with van der Waals surface area (Å²) >= 11 is 0. The normalized spacial score (nSPS) is 12.8. The van der Waals surface area contributed by atoms with Gasteiger partial charge in [-0.2, -0.15) is 24.1 Å². The molecule has 0 saturated heterocycles. The summed E-state index contributed by atoms with van der Waals surface area (Å²) < 4.78 is 62.9. The maximum absolute atomic E-state index is 13.6. The van der Waals surface area contributed by atoms with Crippen molar-refractivity contribution in [3.8, 4) is 17.0 Å². The molecule has 13 nitrogen and oxygen atoms in total. The van der Waals surface area contributed by atoms with E-state index in [4.69, 9.17) is 4.74 Å². The van der Waals surface area contributed by atoms with Crippen LogP contribution in [-0.2, 0) is 23.4 Å². The first-order chi connectivity index (χ1) is 19.9. The Kier molecular flexibility index (Phi) is 7.74. The van der Waals surface area contributed by atoms with Crippen molar-refractivity contribution >= 4 is 27.1 Å². The highest BCUT2D eigenvalue weighted by Crippen LogP contribution is 2.38. The average molecular weight is 600 g/mol. The number of alkyl halides is 2. The minimum atomic E-state index is -4.12. The zero-order chi connectivity index (χ0) is 30.2. The molecule has 0 radical (unpaired) electrons. The van der Waals surface area contributed by atoms with Crippen molar-refractivity contribution < 1.29 is 26.7 Å². The summed E-state index contributed by atoms with van der Waals surface area (Å²) in [6.45, 7) is -0.775. The lowest BCUT2D eigenvalue weighted by atomic mass is 10.1. The number of aryl methyl sites for hydroxylation is 1. The Morgan fingerprint density at radius 3 is 2.67 bits per heavy atom. The van der Waals surface area contributed by atoms with Crippen LogP contribution in [0.3, 0.4) is 0 Å². The SMILES string of the molecule is C[C@@H](Cn1cc(S(=O)(=O)c2ccc(OC(F)F)c(-c3nn(C)cc3NC(=O)c3cnn4cccnc34)c2)cn1)N(C)C. The standard InChI is InChI=1S/C26H27F2N9O4S/c1-16(34(2)3)13-36-14-18(11-30-36)42(39,40)17-6-7-22(41-26(27)28)19(10-17)23-21(15-35(4)33-23)32-25(38)20-12-31-37-9-5-8-29-24(20)37/h5-12,14-16,26H,13H2,1-4H3,(H,32,38)/t16-/m0/s1. The highest BCUT2D eigenvalue weighted by molar-refractivity contribution is 7.91. The number of nitrogens with zero attached hydrogens (tertiary/aromatic N) is 8. The van der Waals surface area contributed by atoms with E-state index in [1.54, 1.807) is 19.3 Å². The maximum Gasteiger partial charge on any atom is 0.387 e. The van der Waals surface area contributed by atoms with Gasteiger partial charge in [-0.3, -0.25) is 14.2 Å². The van der Waals surface area contributed by atoms with Gasteiger partial charge in [-0.1, -0.05) is 0 Å². The van der Waals surface area contributed by atoms with Crippen molar-refractivity contribution in [1.82, 2.24) is 39.1 Å². The number of hydrogen-bond donors (Lipinski definition) is 1. The molecule has 4 aromatic heterocycles. The summed E-state index contributed by atoms with van der Waals surface area (Å²) in [5.74, 6) is -0.913. The molecule has 1 amide bonds. The third-order valence-corrected chi connectivity index (χ3v) is 8.29. The first kappa shape index (κ1) is 28.8. The van der Waals surface area contributed by atoms with Crippen LogP contribution in [-0.4, -0.2) is 80.1 Å². The highest BCUT2D eigenvalue weighted by atomic mass is 32.2. The lowest BCUT2D eigenvalue weighted by Crippen LogP contribution is -2.29. The molecule has 0 aliphatic rings. The first-order valence-corrected chi connectivity index (χ1v) is 14.1. The fourth-order valence-electron chi connectivity index (χ4n) is 4.17. The number of carbonyl (C=O) groups is 1. The fraction of sp³-hybridized carbons (Fsp3) is 0.269. The monoisotopic (exact) mass is 599 g/mol. The maximum atomic E-state index is 13.6. The second-order valence-electron chi connectivity index (χ2n) is 9.72. The lowest BCUT2D eigenvalue weighted by molar-refractivity contribution is -0.0494. The minimum absolute atomic E-state index is 0.0125. The second kappa shape index (κ2) is 11.3. The summed E-state index contributed by atoms with van der Waals surface area (Å²) in [6, 6.07) is 5.22. The van der Waals surface area contributed by atoms with Gasteiger partial charge in [0.05, 0.1) is 29.5 Å². The fourth-order valence-corrected chi connectivity index (χ4v) is 5.41. The molecule has 0 bridgehead atoms. The van der Waals surface area contributed by atoms with E-state index in [9.17, 15) is 22.0 Å². The van der Waals surface area contributed by atoms with Crippen LogP contribution < -0.4 is 10.1 Å². The molecular weight excluding hydrogens is 572 g/mol. The number of hydrogen-bond acceptors (Lipinski definition) is 9. The molecule has 5 aromatic rings. The van der Waals surface area contributed by atoms with E-state index in [1.165, 1.54) is 57.0 Å². The van der Waals surface area contributed by atoms with Crippen LogP contribution in [0.25, 0.3) is 16.9 Å². The zero-order valence-corrected chi connectivity index (χ0v) is 23.8. The Morgan fingerprint density at radius 2 is 1.93 bits per heavy atom. The van der Waals surface area contributed by atoms with Gasteiger partial charge in [0, 0.05) is 43.4 Å². The predicted molar refractivity (Wildman–Crippen MR) is 147 cm³/mol. The van der Waals surface area contributed by atoms with E-state index in [2.05, 4.69) is 25.6 Å². The van der Waals surface area contributed by atoms with Crippen molar-refractivity contribution in [3.63, 3.8) is 0 Å². The molecule has 16 heteroatoms. The molecule has 0 saturated carbocycles. The lowest BCUT2D eigenvalue weighted by Gasteiger charge is -2.19. The number of carbonyl (C=O) groups excluding carboxylic acids is 1. The number of fused-ring (bicyclic) bond motifs is 1. The van der Waals surface area contributed by atoms with Crippen molar-refractivity contribution in [2.75, 3.05) is 19.4 Å². The van der Waals surface area contributed by atoms with E-state index in [-0.39, 0.29) is 44.1 Å². The molecule has 4 heterocycles. The molecule has 220 valence electrons. The Morgan fingerprint density at radius 1 is 1.14 bits per heavy atom. The van der Waals surface area contributed by atoms with Crippen molar-refractivity contribution in [3.05, 3.63) is 67.0 Å². The van der Waals surface area contributed by atoms with Gasteiger partial charge >= 0.3 is 6.61 Å². The number of aromatic nitrogens is 7. The summed E-state index contributed by atoms with van der Waals surface area (Å²) in [6.07, 6.45) is 8.57. The van der Waals surface area contributed by atoms with Gasteiger partial charge in [-0.05, 0) is 45.3 Å². The predicted octanol–water partition coefficient (Wildman–Crippen LogP) is 2.96. The van der Waals surface area contributed by atoms with Crippen LogP contribution in [0.5, 0.6) is 5.75 Å². The third kappa shape index (κ3) is 5.71. The molecular formula is C26H27F2N9O4S. The number of anilines is 1. The van der Waals surface area contributed by atoms with Crippen molar-refractivity contribution in [1.29, 1.82) is 0 Å². The van der Waals surface area contributed by atoms with Gasteiger partial charge in [-0.15, -0.1) is 0 Å². The molecule has 0 unspecified atom stereocenters. The molecule has 0 spiro atoms. The van der Waals surface area contributed by atoms with E-state index in [0.717, 1.165) is 6.07 Å². The van der Waals surface area contributed by atoms with Crippen LogP contribution in [0.4, 0.5) is 14.5 Å². The summed E-state index contributed by atoms with van der Waals surface area (Å²) in [5, 5.41) is 15.3. The van der Waals surface area contributed by atoms with Crippen LogP contribution in [0.2, 0.25) is 0 Å². The molecule has 1 N–H and O–H groups in total. The van der Waals surface area contributed by atoms with Gasteiger partial charge in [0.25, 0.3) is 5.91 Å². The van der Waals surface area contributed by atoms with Crippen molar-refractivity contribution in [2.24, 2.45) is 7.05 Å². The third-order valence-electron chi connectivity index (χ3n) is 6.59. The Labute approximate surface area is 239 Å². The first-order valence-electron chi connectivity index (χ1n) is 12.6. The zero-order valence-electron chi connectivity index (χ0n) is 23.0. The number of rotatable bonds is 10. The smallest absolute Gasteiger partial charge is 0.387 e. The van der Waals surface area contributed by atoms with Gasteiger partial charge in [0.1, 0.15) is 21.9 Å². The van der Waals surface area contributed by atoms with Gasteiger partial charge in [0.15, 0.2) is 5.65 Å². The molecule has 5 rings (SSSR count). The summed E-state index contributed by atoms with van der Waals surface area (Å²) in [4.78, 5) is 19.0. The number of sulfone groups is 1. The van der Waals surface area contributed by atoms with Gasteiger partial charge in [0.2, 0.25) is 9.84 Å². The van der Waals surface area contributed by atoms with E-state index >= 15 is 0 Å². The summed E-state index contributed by atoms with van der Waals surface area (Å²) in [5.41, 5.74) is 0.525. The topological polar surface area (TPSA) is 142 Å². The Balaban J connectivity index is 1.53. The Bertz CT molecular complexity index is 1860. The Hall–Kier alpha value is -4.70. The number of likely N-dealkylation sites (N-methyl/N-ethyl adjacent to an activating group) is 1. The van der Waals surface area contributed by atoms with E-state index in [0.29, 0.717) is 12.2 Å². The van der Waals surface area contributed by atoms with Gasteiger partial charge < -0.3 is 15.0 Å². The number of halogens is 2. The van der Waals surface area contributed by atoms with Crippen LogP contribution in [0, 0.1) is 0 Å². The largest absolute Gasteiger partial charge is 0.434 e.